The van der Waals surface area contributed by atoms with E-state index in [2.05, 4.69) is 5.32 Å². The third-order valence-corrected chi connectivity index (χ3v) is 1.57. The van der Waals surface area contributed by atoms with Gasteiger partial charge in [0.1, 0.15) is 0 Å². The Morgan fingerprint density at radius 3 is 2.36 bits per heavy atom. The maximum absolute atomic E-state index is 11.3. The number of halogens is 1. The fourth-order valence-electron chi connectivity index (χ4n) is 1.05. The van der Waals surface area contributed by atoms with Crippen molar-refractivity contribution in [2.24, 2.45) is 0 Å². The predicted octanol–water partition coefficient (Wildman–Crippen LogP) is -3.23. The fraction of sp³-hybridized carbons (Fsp3) is 0.300. The molecule has 0 heterocycles. The molecule has 0 saturated heterocycles. The third kappa shape index (κ3) is 4.84. The Bertz CT molecular complexity index is 275. The number of amides is 1. The molecule has 0 saturated carbocycles. The van der Waals surface area contributed by atoms with Gasteiger partial charge in [-0.05, 0) is 12.1 Å². The van der Waals surface area contributed by atoms with Gasteiger partial charge in [0.2, 0.25) is 0 Å². The summed E-state index contributed by atoms with van der Waals surface area (Å²) in [5, 5.41) is 2.81. The van der Waals surface area contributed by atoms with Crippen molar-refractivity contribution < 1.29 is 22.1 Å². The van der Waals surface area contributed by atoms with Gasteiger partial charge in [0.25, 0.3) is 5.91 Å². The van der Waals surface area contributed by atoms with Crippen LogP contribution in [0.3, 0.4) is 0 Å². The molecule has 78 valence electrons. The Morgan fingerprint density at radius 2 is 1.86 bits per heavy atom. The maximum Gasteiger partial charge on any atom is 0.279 e. The average Bonchev–Trinajstić information content (AvgIpc) is 2.04. The van der Waals surface area contributed by atoms with E-state index in [0.717, 1.165) is 10.6 Å². The molecule has 0 radical (unpaired) electrons. The Kier molecular flexibility index (Phi) is 5.92. The average molecular weight is 215 g/mol. The molecule has 0 spiro atoms. The number of anilines is 1. The highest BCUT2D eigenvalue weighted by atomic mass is 35.5. The summed E-state index contributed by atoms with van der Waals surface area (Å²) in [4.78, 5) is 12.4. The van der Waals surface area contributed by atoms with Crippen LogP contribution in [-0.4, -0.2) is 26.5 Å². The zero-order valence-electron chi connectivity index (χ0n) is 8.38. The highest BCUT2D eigenvalue weighted by molar-refractivity contribution is 5.91. The zero-order valence-corrected chi connectivity index (χ0v) is 9.14. The molecule has 0 bridgehead atoms. The Labute approximate surface area is 90.5 Å². The lowest BCUT2D eigenvalue weighted by Crippen LogP contribution is -3.06. The van der Waals surface area contributed by atoms with Crippen molar-refractivity contribution in [3.05, 3.63) is 30.3 Å². The topological polar surface area (TPSA) is 33.5 Å². The predicted molar refractivity (Wildman–Crippen MR) is 52.7 cm³/mol. The van der Waals surface area contributed by atoms with Crippen LogP contribution in [-0.2, 0) is 4.79 Å². The summed E-state index contributed by atoms with van der Waals surface area (Å²) in [7, 11) is 3.90. The van der Waals surface area contributed by atoms with E-state index in [1.54, 1.807) is 0 Å². The quantitative estimate of drug-likeness (QED) is 0.546. The number of carbonyl (C=O) groups is 1. The Morgan fingerprint density at radius 1 is 1.29 bits per heavy atom. The number of hydrogen-bond acceptors (Lipinski definition) is 1. The second-order valence-electron chi connectivity index (χ2n) is 3.30. The minimum atomic E-state index is 0. The molecule has 0 aromatic heterocycles. The molecule has 0 fully saturated rings. The fourth-order valence-corrected chi connectivity index (χ4v) is 1.05. The molecule has 1 aromatic rings. The monoisotopic (exact) mass is 214 g/mol. The van der Waals surface area contributed by atoms with Crippen LogP contribution in [0, 0.1) is 0 Å². The molecule has 14 heavy (non-hydrogen) atoms. The lowest BCUT2D eigenvalue weighted by molar-refractivity contribution is -0.849. The van der Waals surface area contributed by atoms with Gasteiger partial charge in [0, 0.05) is 5.69 Å². The SMILES string of the molecule is C[NH+](C)CC(=O)Nc1ccccc1.[Cl-]. The van der Waals surface area contributed by atoms with Crippen molar-refractivity contribution in [1.82, 2.24) is 0 Å². The molecule has 0 atom stereocenters. The largest absolute Gasteiger partial charge is 1.00 e. The number of carbonyl (C=O) groups excluding carboxylic acids is 1. The Balaban J connectivity index is 0.00000169. The first-order valence-corrected chi connectivity index (χ1v) is 4.32. The molecule has 1 rings (SSSR count). The first kappa shape index (κ1) is 12.9. The maximum atomic E-state index is 11.3. The number of rotatable bonds is 3. The zero-order chi connectivity index (χ0) is 9.68. The summed E-state index contributed by atoms with van der Waals surface area (Å²) >= 11 is 0. The summed E-state index contributed by atoms with van der Waals surface area (Å²) in [5.74, 6) is 0.0474. The first-order valence-electron chi connectivity index (χ1n) is 4.32. The smallest absolute Gasteiger partial charge is 0.279 e. The number of para-hydroxylation sites is 1. The van der Waals surface area contributed by atoms with Gasteiger partial charge in [-0.2, -0.15) is 0 Å². The standard InChI is InChI=1S/C10H14N2O.ClH/c1-12(2)8-10(13)11-9-6-4-3-5-7-9;/h3-7H,8H2,1-2H3,(H,11,13);1H. The van der Waals surface area contributed by atoms with Crippen molar-refractivity contribution in [3.63, 3.8) is 0 Å². The van der Waals surface area contributed by atoms with E-state index in [1.807, 2.05) is 44.4 Å². The molecule has 2 N–H and O–H groups in total. The van der Waals surface area contributed by atoms with Gasteiger partial charge >= 0.3 is 0 Å². The van der Waals surface area contributed by atoms with Crippen LogP contribution in [0.15, 0.2) is 30.3 Å². The summed E-state index contributed by atoms with van der Waals surface area (Å²) in [5.41, 5.74) is 0.855. The van der Waals surface area contributed by atoms with Crippen LogP contribution in [0.25, 0.3) is 0 Å². The van der Waals surface area contributed by atoms with Gasteiger partial charge in [-0.25, -0.2) is 0 Å². The van der Waals surface area contributed by atoms with Gasteiger partial charge < -0.3 is 22.6 Å². The van der Waals surface area contributed by atoms with Crippen molar-refractivity contribution >= 4 is 11.6 Å². The molecule has 3 nitrogen and oxygen atoms in total. The van der Waals surface area contributed by atoms with Crippen molar-refractivity contribution in [3.8, 4) is 0 Å². The van der Waals surface area contributed by atoms with Gasteiger partial charge in [0.05, 0.1) is 14.1 Å². The second kappa shape index (κ2) is 6.40. The number of nitrogens with one attached hydrogen (secondary N) is 2. The molecular formula is C10H15ClN2O. The van der Waals surface area contributed by atoms with Crippen LogP contribution in [0.1, 0.15) is 0 Å². The molecule has 1 aromatic carbocycles. The number of hydrogen-bond donors (Lipinski definition) is 2. The molecule has 0 aliphatic heterocycles. The van der Waals surface area contributed by atoms with E-state index < -0.39 is 0 Å². The molecular weight excluding hydrogens is 200 g/mol. The summed E-state index contributed by atoms with van der Waals surface area (Å²) in [6.07, 6.45) is 0. The summed E-state index contributed by atoms with van der Waals surface area (Å²) in [6, 6.07) is 9.48. The van der Waals surface area contributed by atoms with Gasteiger partial charge in [-0.3, -0.25) is 4.79 Å². The van der Waals surface area contributed by atoms with E-state index in [4.69, 9.17) is 0 Å². The van der Waals surface area contributed by atoms with E-state index in [1.165, 1.54) is 0 Å². The lowest BCUT2D eigenvalue weighted by atomic mass is 10.3. The van der Waals surface area contributed by atoms with Gasteiger partial charge in [-0.1, -0.05) is 18.2 Å². The van der Waals surface area contributed by atoms with Gasteiger partial charge in [0.15, 0.2) is 6.54 Å². The van der Waals surface area contributed by atoms with Crippen LogP contribution in [0.2, 0.25) is 0 Å². The van der Waals surface area contributed by atoms with Gasteiger partial charge in [-0.15, -0.1) is 0 Å². The van der Waals surface area contributed by atoms with Crippen molar-refractivity contribution in [2.75, 3.05) is 26.0 Å². The minimum Gasteiger partial charge on any atom is -1.00 e. The molecule has 4 heteroatoms. The van der Waals surface area contributed by atoms with Crippen LogP contribution in [0.4, 0.5) is 5.69 Å². The van der Waals surface area contributed by atoms with Crippen molar-refractivity contribution in [1.29, 1.82) is 0 Å². The molecule has 1 amide bonds. The van der Waals surface area contributed by atoms with E-state index in [9.17, 15) is 4.79 Å². The number of quaternary nitrogens is 1. The normalized spacial score (nSPS) is 9.36. The van der Waals surface area contributed by atoms with E-state index in [-0.39, 0.29) is 18.3 Å². The lowest BCUT2D eigenvalue weighted by Gasteiger charge is -2.07. The molecule has 0 aliphatic carbocycles. The second-order valence-corrected chi connectivity index (χ2v) is 3.30. The number of benzene rings is 1. The van der Waals surface area contributed by atoms with Crippen molar-refractivity contribution in [2.45, 2.75) is 0 Å². The highest BCUT2D eigenvalue weighted by Gasteiger charge is 2.04. The van der Waals surface area contributed by atoms with Crippen LogP contribution < -0.4 is 22.6 Å². The summed E-state index contributed by atoms with van der Waals surface area (Å²) < 4.78 is 0. The van der Waals surface area contributed by atoms with E-state index >= 15 is 0 Å². The molecule has 0 aliphatic rings. The van der Waals surface area contributed by atoms with Crippen LogP contribution >= 0.6 is 0 Å². The van der Waals surface area contributed by atoms with Crippen LogP contribution in [0.5, 0.6) is 0 Å². The van der Waals surface area contributed by atoms with E-state index in [0.29, 0.717) is 6.54 Å². The number of likely N-dealkylation sites (N-methyl/N-ethyl adjacent to an activating group) is 1. The first-order chi connectivity index (χ1) is 6.18. The molecule has 0 unspecified atom stereocenters. The third-order valence-electron chi connectivity index (χ3n) is 1.57. The Hall–Kier alpha value is -1.06. The highest BCUT2D eigenvalue weighted by Crippen LogP contribution is 2.03. The minimum absolute atomic E-state index is 0. The summed E-state index contributed by atoms with van der Waals surface area (Å²) in [6.45, 7) is 0.495.